The molecule has 7 nitrogen and oxygen atoms in total. The van der Waals surface area contributed by atoms with Crippen LogP contribution in [0, 0.1) is 0 Å². The van der Waals surface area contributed by atoms with E-state index in [1.807, 2.05) is 24.3 Å². The van der Waals surface area contributed by atoms with Crippen molar-refractivity contribution in [3.63, 3.8) is 0 Å². The Morgan fingerprint density at radius 2 is 1.89 bits per heavy atom. The highest BCUT2D eigenvalue weighted by atomic mass is 127. The lowest BCUT2D eigenvalue weighted by Gasteiger charge is -2.12. The van der Waals surface area contributed by atoms with Crippen LogP contribution in [0.2, 0.25) is 0 Å². The topological polar surface area (TPSA) is 84.0 Å². The highest BCUT2D eigenvalue weighted by Crippen LogP contribution is 2.18. The Hall–Kier alpha value is -1.55. The molecule has 0 aromatic heterocycles. The first-order valence-electron chi connectivity index (χ1n) is 9.16. The number of carbonyl (C=O) groups excluding carboxylic acids is 1. The number of amides is 1. The monoisotopic (exact) mass is 490 g/mol. The summed E-state index contributed by atoms with van der Waals surface area (Å²) in [5, 5.41) is 9.44. The van der Waals surface area contributed by atoms with E-state index in [2.05, 4.69) is 20.9 Å². The van der Waals surface area contributed by atoms with Crippen molar-refractivity contribution in [1.29, 1.82) is 0 Å². The number of methoxy groups -OCH3 is 1. The zero-order valence-corrected chi connectivity index (χ0v) is 18.5. The lowest BCUT2D eigenvalue weighted by Crippen LogP contribution is -2.39. The smallest absolute Gasteiger partial charge is 0.258 e. The molecule has 8 heteroatoms. The van der Waals surface area contributed by atoms with Crippen LogP contribution in [0.25, 0.3) is 0 Å². The second-order valence-corrected chi connectivity index (χ2v) is 6.30. The molecule has 27 heavy (non-hydrogen) atoms. The molecule has 0 unspecified atom stereocenters. The Bertz CT molecular complexity index is 577. The number of nitrogens with zero attached hydrogens (tertiary/aromatic N) is 1. The first kappa shape index (κ1) is 23.5. The third kappa shape index (κ3) is 10.4. The minimum Gasteiger partial charge on any atom is -0.484 e. The Kier molecular flexibility index (Phi) is 11.8. The molecule has 1 amide bonds. The maximum Gasteiger partial charge on any atom is 0.258 e. The van der Waals surface area contributed by atoms with Gasteiger partial charge in [0.1, 0.15) is 5.75 Å². The largest absolute Gasteiger partial charge is 0.484 e. The van der Waals surface area contributed by atoms with Crippen molar-refractivity contribution in [3.05, 3.63) is 29.8 Å². The van der Waals surface area contributed by atoms with Crippen LogP contribution in [0.4, 0.5) is 0 Å². The highest BCUT2D eigenvalue weighted by molar-refractivity contribution is 14.0. The van der Waals surface area contributed by atoms with Crippen molar-refractivity contribution in [2.45, 2.75) is 31.7 Å². The van der Waals surface area contributed by atoms with Gasteiger partial charge >= 0.3 is 0 Å². The molecule has 1 fully saturated rings. The zero-order valence-electron chi connectivity index (χ0n) is 16.1. The summed E-state index contributed by atoms with van der Waals surface area (Å²) in [6, 6.07) is 8.21. The van der Waals surface area contributed by atoms with Crippen molar-refractivity contribution in [2.75, 3.05) is 40.5 Å². The first-order valence-corrected chi connectivity index (χ1v) is 9.16. The van der Waals surface area contributed by atoms with Gasteiger partial charge in [-0.2, -0.15) is 0 Å². The van der Waals surface area contributed by atoms with Gasteiger partial charge in [-0.05, 0) is 43.4 Å². The molecule has 0 radical (unpaired) electrons. The molecule has 1 aromatic carbocycles. The van der Waals surface area contributed by atoms with Crippen LogP contribution in [0.3, 0.4) is 0 Å². The molecule has 0 bridgehead atoms. The van der Waals surface area contributed by atoms with E-state index in [4.69, 9.17) is 9.47 Å². The Labute approximate surface area is 178 Å². The number of guanidine groups is 1. The number of hydrogen-bond acceptors (Lipinski definition) is 4. The number of hydrogen-bond donors (Lipinski definition) is 3. The van der Waals surface area contributed by atoms with E-state index in [-0.39, 0.29) is 36.5 Å². The third-order valence-corrected chi connectivity index (χ3v) is 3.98. The quantitative estimate of drug-likeness (QED) is 0.191. The van der Waals surface area contributed by atoms with Crippen LogP contribution in [-0.4, -0.2) is 58.4 Å². The van der Waals surface area contributed by atoms with Gasteiger partial charge in [-0.25, -0.2) is 0 Å². The molecule has 0 atom stereocenters. The molecular formula is C19H31IN4O3. The number of ether oxygens (including phenoxy) is 2. The molecule has 1 aliphatic rings. The Balaban J connectivity index is 0.00000364. The number of nitrogens with one attached hydrogen (secondary N) is 3. The number of halogens is 1. The number of aliphatic imine (C=N–C) groups is 1. The molecule has 152 valence electrons. The van der Waals surface area contributed by atoms with Crippen LogP contribution >= 0.6 is 24.0 Å². The van der Waals surface area contributed by atoms with E-state index in [9.17, 15) is 4.79 Å². The van der Waals surface area contributed by atoms with Crippen LogP contribution in [0.5, 0.6) is 5.75 Å². The fourth-order valence-corrected chi connectivity index (χ4v) is 2.37. The Morgan fingerprint density at radius 3 is 2.52 bits per heavy atom. The summed E-state index contributed by atoms with van der Waals surface area (Å²) >= 11 is 0. The summed E-state index contributed by atoms with van der Waals surface area (Å²) in [7, 11) is 3.46. The predicted molar refractivity (Wildman–Crippen MR) is 118 cm³/mol. The maximum absolute atomic E-state index is 11.6. The van der Waals surface area contributed by atoms with Crippen molar-refractivity contribution >= 4 is 35.8 Å². The standard InChI is InChI=1S/C19H30N4O3.HI/c1-20-19(21-11-3-13-25-2)22-12-10-15-4-8-17(9-5-15)26-14-18(24)23-16-6-7-16;/h4-5,8-9,16H,3,6-7,10-14H2,1-2H3,(H,23,24)(H2,20,21,22);1H. The molecule has 0 saturated heterocycles. The van der Waals surface area contributed by atoms with Gasteiger partial charge < -0.3 is 25.4 Å². The van der Waals surface area contributed by atoms with Gasteiger partial charge in [-0.15, -0.1) is 24.0 Å². The van der Waals surface area contributed by atoms with Gasteiger partial charge in [0, 0.05) is 39.9 Å². The SMILES string of the molecule is CN=C(NCCCOC)NCCc1ccc(OCC(=O)NC2CC2)cc1.I. The van der Waals surface area contributed by atoms with Crippen LogP contribution in [0.1, 0.15) is 24.8 Å². The maximum atomic E-state index is 11.6. The second-order valence-electron chi connectivity index (χ2n) is 6.30. The number of benzene rings is 1. The third-order valence-electron chi connectivity index (χ3n) is 3.98. The van der Waals surface area contributed by atoms with E-state index < -0.39 is 0 Å². The molecule has 1 saturated carbocycles. The average molecular weight is 490 g/mol. The van der Waals surface area contributed by atoms with Crippen LogP contribution in [-0.2, 0) is 16.0 Å². The first-order chi connectivity index (χ1) is 12.7. The number of rotatable bonds is 11. The minimum atomic E-state index is -0.0508. The summed E-state index contributed by atoms with van der Waals surface area (Å²) in [5.41, 5.74) is 1.20. The molecule has 3 N–H and O–H groups in total. The lowest BCUT2D eigenvalue weighted by atomic mass is 10.1. The van der Waals surface area contributed by atoms with Gasteiger partial charge in [0.05, 0.1) is 0 Å². The predicted octanol–water partition coefficient (Wildman–Crippen LogP) is 1.71. The van der Waals surface area contributed by atoms with Gasteiger partial charge in [-0.3, -0.25) is 9.79 Å². The molecule has 1 aromatic rings. The van der Waals surface area contributed by atoms with E-state index in [0.29, 0.717) is 11.8 Å². The lowest BCUT2D eigenvalue weighted by molar-refractivity contribution is -0.123. The van der Waals surface area contributed by atoms with Gasteiger partial charge in [-0.1, -0.05) is 12.1 Å². The average Bonchev–Trinajstić information content (AvgIpc) is 3.47. The summed E-state index contributed by atoms with van der Waals surface area (Å²) in [6.07, 6.45) is 3.99. The Morgan fingerprint density at radius 1 is 1.19 bits per heavy atom. The molecule has 1 aliphatic carbocycles. The van der Waals surface area contributed by atoms with Gasteiger partial charge in [0.2, 0.25) is 0 Å². The molecule has 0 spiro atoms. The summed E-state index contributed by atoms with van der Waals surface area (Å²) in [6.45, 7) is 2.42. The van der Waals surface area contributed by atoms with E-state index in [1.54, 1.807) is 14.2 Å². The molecular weight excluding hydrogens is 459 g/mol. The van der Waals surface area contributed by atoms with Crippen LogP contribution in [0.15, 0.2) is 29.3 Å². The van der Waals surface area contributed by atoms with Crippen molar-refractivity contribution in [3.8, 4) is 5.75 Å². The second kappa shape index (κ2) is 13.6. The van der Waals surface area contributed by atoms with Gasteiger partial charge in [0.15, 0.2) is 12.6 Å². The fraction of sp³-hybridized carbons (Fsp3) is 0.579. The fourth-order valence-electron chi connectivity index (χ4n) is 2.37. The van der Waals surface area contributed by atoms with E-state index in [1.165, 1.54) is 5.56 Å². The normalized spacial score (nSPS) is 13.5. The van der Waals surface area contributed by atoms with E-state index in [0.717, 1.165) is 51.3 Å². The summed E-state index contributed by atoms with van der Waals surface area (Å²) in [4.78, 5) is 15.8. The van der Waals surface area contributed by atoms with Crippen LogP contribution < -0.4 is 20.7 Å². The van der Waals surface area contributed by atoms with Crippen molar-refractivity contribution in [1.82, 2.24) is 16.0 Å². The summed E-state index contributed by atoms with van der Waals surface area (Å²) in [5.74, 6) is 1.45. The molecule has 0 aliphatic heterocycles. The van der Waals surface area contributed by atoms with Crippen molar-refractivity contribution in [2.24, 2.45) is 4.99 Å². The van der Waals surface area contributed by atoms with Crippen molar-refractivity contribution < 1.29 is 14.3 Å². The number of carbonyl (C=O) groups is 1. The zero-order chi connectivity index (χ0) is 18.6. The molecule has 0 heterocycles. The van der Waals surface area contributed by atoms with E-state index >= 15 is 0 Å². The highest BCUT2D eigenvalue weighted by Gasteiger charge is 2.23. The van der Waals surface area contributed by atoms with Gasteiger partial charge in [0.25, 0.3) is 5.91 Å². The summed E-state index contributed by atoms with van der Waals surface area (Å²) < 4.78 is 10.5. The minimum absolute atomic E-state index is 0. The molecule has 2 rings (SSSR count).